The third-order valence-corrected chi connectivity index (χ3v) is 3.68. The maximum Gasteiger partial charge on any atom is 0.239 e. The van der Waals surface area contributed by atoms with Crippen LogP contribution in [-0.4, -0.2) is 12.5 Å². The highest BCUT2D eigenvalue weighted by atomic mass is 16.5. The maximum atomic E-state index is 11.6. The van der Waals surface area contributed by atoms with Gasteiger partial charge in [-0.2, -0.15) is 0 Å². The summed E-state index contributed by atoms with van der Waals surface area (Å²) in [6.07, 6.45) is 0.946. The summed E-state index contributed by atoms with van der Waals surface area (Å²) >= 11 is 0. The molecule has 1 amide bonds. The number of benzene rings is 2. The summed E-state index contributed by atoms with van der Waals surface area (Å²) < 4.78 is 5.49. The Kier molecular flexibility index (Phi) is 3.88. The topological polar surface area (TPSA) is 64.4 Å². The molecule has 0 fully saturated rings. The van der Waals surface area contributed by atoms with E-state index < -0.39 is 6.04 Å². The number of primary amides is 1. The van der Waals surface area contributed by atoms with Crippen LogP contribution in [0.3, 0.4) is 0 Å². The van der Waals surface area contributed by atoms with E-state index in [1.54, 1.807) is 0 Å². The first-order chi connectivity index (χ1) is 10.2. The van der Waals surface area contributed by atoms with E-state index in [1.165, 1.54) is 5.56 Å². The van der Waals surface area contributed by atoms with Crippen LogP contribution in [0.1, 0.15) is 22.7 Å². The van der Waals surface area contributed by atoms with Crippen LogP contribution in [0, 0.1) is 0 Å². The number of carbonyl (C=O) groups excluding carboxylic acids is 1. The van der Waals surface area contributed by atoms with Gasteiger partial charge in [0.1, 0.15) is 11.8 Å². The van der Waals surface area contributed by atoms with Gasteiger partial charge in [-0.25, -0.2) is 0 Å². The van der Waals surface area contributed by atoms with E-state index in [0.717, 1.165) is 29.9 Å². The number of nitrogens with two attached hydrogens (primary N) is 1. The predicted octanol–water partition coefficient (Wildman–Crippen LogP) is 1.94. The lowest BCUT2D eigenvalue weighted by Gasteiger charge is -2.16. The average molecular weight is 282 g/mol. The fourth-order valence-corrected chi connectivity index (χ4v) is 2.60. The van der Waals surface area contributed by atoms with Crippen LogP contribution >= 0.6 is 0 Å². The number of rotatable bonds is 5. The summed E-state index contributed by atoms with van der Waals surface area (Å²) in [5.74, 6) is 0.596. The van der Waals surface area contributed by atoms with Crippen molar-refractivity contribution in [3.05, 3.63) is 65.2 Å². The van der Waals surface area contributed by atoms with Crippen molar-refractivity contribution in [2.75, 3.05) is 6.61 Å². The lowest BCUT2D eigenvalue weighted by Crippen LogP contribution is -2.33. The number of hydrogen-bond acceptors (Lipinski definition) is 3. The van der Waals surface area contributed by atoms with Crippen molar-refractivity contribution in [3.63, 3.8) is 0 Å². The quantitative estimate of drug-likeness (QED) is 0.881. The zero-order valence-electron chi connectivity index (χ0n) is 11.7. The molecule has 1 aliphatic rings. The molecule has 1 atom stereocenters. The van der Waals surface area contributed by atoms with E-state index in [9.17, 15) is 4.79 Å². The largest absolute Gasteiger partial charge is 0.493 e. The Bertz CT molecular complexity index is 640. The van der Waals surface area contributed by atoms with Gasteiger partial charge in [0, 0.05) is 13.0 Å². The third-order valence-electron chi connectivity index (χ3n) is 3.68. The fourth-order valence-electron chi connectivity index (χ4n) is 2.60. The molecule has 0 saturated carbocycles. The van der Waals surface area contributed by atoms with Gasteiger partial charge >= 0.3 is 0 Å². The standard InChI is InChI=1S/C17H18N2O2/c18-17(20)16(13-4-2-1-3-5-13)19-11-12-6-7-15-14(10-12)8-9-21-15/h1-7,10,16,19H,8-9,11H2,(H2,18,20)/t16-/m0/s1. The van der Waals surface area contributed by atoms with Gasteiger partial charge in [0.2, 0.25) is 5.91 Å². The Hall–Kier alpha value is -2.33. The molecule has 3 rings (SSSR count). The van der Waals surface area contributed by atoms with Gasteiger partial charge in [-0.1, -0.05) is 42.5 Å². The second kappa shape index (κ2) is 5.97. The van der Waals surface area contributed by atoms with Crippen LogP contribution in [0.15, 0.2) is 48.5 Å². The third kappa shape index (κ3) is 3.06. The lowest BCUT2D eigenvalue weighted by atomic mass is 10.0. The molecule has 0 unspecified atom stereocenters. The zero-order valence-corrected chi connectivity index (χ0v) is 11.7. The Morgan fingerprint density at radius 2 is 2.05 bits per heavy atom. The number of nitrogens with one attached hydrogen (secondary N) is 1. The zero-order chi connectivity index (χ0) is 14.7. The molecule has 4 nitrogen and oxygen atoms in total. The molecular formula is C17H18N2O2. The molecule has 0 spiro atoms. The molecule has 1 aliphatic heterocycles. The Balaban J connectivity index is 1.71. The van der Waals surface area contributed by atoms with Crippen LogP contribution in [0.25, 0.3) is 0 Å². The van der Waals surface area contributed by atoms with Gasteiger partial charge < -0.3 is 10.5 Å². The second-order valence-corrected chi connectivity index (χ2v) is 5.17. The van der Waals surface area contributed by atoms with Crippen LogP contribution in [0.4, 0.5) is 0 Å². The van der Waals surface area contributed by atoms with Gasteiger partial charge in [-0.3, -0.25) is 10.1 Å². The first-order valence-electron chi connectivity index (χ1n) is 7.06. The highest BCUT2D eigenvalue weighted by molar-refractivity contribution is 5.81. The number of amides is 1. The van der Waals surface area contributed by atoms with Gasteiger partial charge in [-0.05, 0) is 22.8 Å². The van der Waals surface area contributed by atoms with E-state index in [2.05, 4.69) is 11.4 Å². The molecule has 0 bridgehead atoms. The molecule has 2 aromatic rings. The first-order valence-corrected chi connectivity index (χ1v) is 7.06. The molecule has 4 heteroatoms. The van der Waals surface area contributed by atoms with E-state index in [0.29, 0.717) is 6.54 Å². The Labute approximate surface area is 123 Å². The van der Waals surface area contributed by atoms with Crippen molar-refractivity contribution in [2.45, 2.75) is 19.0 Å². The number of hydrogen-bond donors (Lipinski definition) is 2. The van der Waals surface area contributed by atoms with Gasteiger partial charge in [0.15, 0.2) is 0 Å². The minimum atomic E-state index is -0.476. The molecule has 108 valence electrons. The van der Waals surface area contributed by atoms with Crippen LogP contribution in [-0.2, 0) is 17.8 Å². The molecule has 2 aromatic carbocycles. The molecule has 0 aromatic heterocycles. The summed E-state index contributed by atoms with van der Waals surface area (Å²) in [7, 11) is 0. The molecule has 0 aliphatic carbocycles. The molecule has 21 heavy (non-hydrogen) atoms. The Morgan fingerprint density at radius 1 is 1.24 bits per heavy atom. The minimum Gasteiger partial charge on any atom is -0.493 e. The summed E-state index contributed by atoms with van der Waals surface area (Å²) in [4.78, 5) is 11.6. The van der Waals surface area contributed by atoms with Crippen LogP contribution in [0.2, 0.25) is 0 Å². The first kappa shape index (κ1) is 13.6. The highest BCUT2D eigenvalue weighted by Gasteiger charge is 2.17. The predicted molar refractivity (Wildman–Crippen MR) is 80.9 cm³/mol. The summed E-state index contributed by atoms with van der Waals surface area (Å²) in [6, 6.07) is 15.2. The van der Waals surface area contributed by atoms with Crippen molar-refractivity contribution < 1.29 is 9.53 Å². The van der Waals surface area contributed by atoms with Crippen molar-refractivity contribution in [1.82, 2.24) is 5.32 Å². The normalized spacial score (nSPS) is 14.3. The highest BCUT2D eigenvalue weighted by Crippen LogP contribution is 2.26. The van der Waals surface area contributed by atoms with E-state index in [-0.39, 0.29) is 5.91 Å². The molecule has 0 radical (unpaired) electrons. The summed E-state index contributed by atoms with van der Waals surface area (Å²) in [5, 5.41) is 3.23. The number of fused-ring (bicyclic) bond motifs is 1. The van der Waals surface area contributed by atoms with E-state index in [1.807, 2.05) is 42.5 Å². The average Bonchev–Trinajstić information content (AvgIpc) is 2.96. The number of carbonyl (C=O) groups is 1. The van der Waals surface area contributed by atoms with E-state index in [4.69, 9.17) is 10.5 Å². The molecular weight excluding hydrogens is 264 g/mol. The van der Waals surface area contributed by atoms with Gasteiger partial charge in [-0.15, -0.1) is 0 Å². The van der Waals surface area contributed by atoms with Gasteiger partial charge in [0.25, 0.3) is 0 Å². The monoisotopic (exact) mass is 282 g/mol. The SMILES string of the molecule is NC(=O)[C@@H](NCc1ccc2c(c1)CCO2)c1ccccc1. The second-order valence-electron chi connectivity index (χ2n) is 5.17. The molecule has 1 heterocycles. The van der Waals surface area contributed by atoms with Crippen molar-refractivity contribution in [2.24, 2.45) is 5.73 Å². The smallest absolute Gasteiger partial charge is 0.239 e. The van der Waals surface area contributed by atoms with Crippen molar-refractivity contribution >= 4 is 5.91 Å². The van der Waals surface area contributed by atoms with Crippen LogP contribution < -0.4 is 15.8 Å². The summed E-state index contributed by atoms with van der Waals surface area (Å²) in [6.45, 7) is 1.34. The maximum absolute atomic E-state index is 11.6. The lowest BCUT2D eigenvalue weighted by molar-refractivity contribution is -0.120. The molecule has 0 saturated heterocycles. The molecule has 3 N–H and O–H groups in total. The summed E-state index contributed by atoms with van der Waals surface area (Å²) in [5.41, 5.74) is 8.74. The fraction of sp³-hybridized carbons (Fsp3) is 0.235. The number of ether oxygens (including phenoxy) is 1. The van der Waals surface area contributed by atoms with Crippen LogP contribution in [0.5, 0.6) is 5.75 Å². The minimum absolute atomic E-state index is 0.370. The van der Waals surface area contributed by atoms with E-state index >= 15 is 0 Å². The Morgan fingerprint density at radius 3 is 2.81 bits per heavy atom. The van der Waals surface area contributed by atoms with Gasteiger partial charge in [0.05, 0.1) is 6.61 Å². The van der Waals surface area contributed by atoms with Crippen molar-refractivity contribution in [3.8, 4) is 5.75 Å². The van der Waals surface area contributed by atoms with Crippen molar-refractivity contribution in [1.29, 1.82) is 0 Å².